The zero-order valence-electron chi connectivity index (χ0n) is 13.3. The fourth-order valence-corrected chi connectivity index (χ4v) is 3.49. The van der Waals surface area contributed by atoms with Gasteiger partial charge in [0.05, 0.1) is 17.3 Å². The number of aromatic nitrogens is 1. The maximum Gasteiger partial charge on any atom is 0.233 e. The topological polar surface area (TPSA) is 135 Å². The number of aromatic amines is 1. The number of nitrogens with one attached hydrogen (secondary N) is 2. The lowest BCUT2D eigenvalue weighted by Crippen LogP contribution is -2.68. The van der Waals surface area contributed by atoms with Crippen molar-refractivity contribution in [3.63, 3.8) is 0 Å². The number of benzene rings is 1. The average molecular weight is 371 g/mol. The van der Waals surface area contributed by atoms with Crippen molar-refractivity contribution in [3.8, 4) is 0 Å². The highest BCUT2D eigenvalue weighted by molar-refractivity contribution is 6.36. The van der Waals surface area contributed by atoms with E-state index < -0.39 is 42.7 Å². The highest BCUT2D eigenvalue weighted by atomic mass is 35.5. The van der Waals surface area contributed by atoms with Crippen molar-refractivity contribution in [2.75, 3.05) is 6.61 Å². The second-order valence-electron chi connectivity index (χ2n) is 6.05. The molecule has 3 rings (SSSR count). The van der Waals surface area contributed by atoms with Crippen molar-refractivity contribution in [3.05, 3.63) is 35.0 Å². The molecule has 1 aliphatic rings. The number of hydrogen-bond donors (Lipinski definition) is 6. The van der Waals surface area contributed by atoms with E-state index in [2.05, 4.69) is 10.3 Å². The van der Waals surface area contributed by atoms with Gasteiger partial charge in [0.25, 0.3) is 0 Å². The second kappa shape index (κ2) is 6.56. The van der Waals surface area contributed by atoms with Gasteiger partial charge < -0.3 is 35.5 Å². The molecule has 1 aromatic carbocycles. The highest BCUT2D eigenvalue weighted by Crippen LogP contribution is 2.41. The second-order valence-corrected chi connectivity index (χ2v) is 6.43. The van der Waals surface area contributed by atoms with Crippen molar-refractivity contribution in [1.29, 1.82) is 0 Å². The largest absolute Gasteiger partial charge is 0.394 e. The van der Waals surface area contributed by atoms with Gasteiger partial charge in [0, 0.05) is 17.8 Å². The Morgan fingerprint density at radius 1 is 1.36 bits per heavy atom. The number of amides is 1. The lowest BCUT2D eigenvalue weighted by atomic mass is 9.88. The van der Waals surface area contributed by atoms with Crippen LogP contribution in [0.1, 0.15) is 12.6 Å². The summed E-state index contributed by atoms with van der Waals surface area (Å²) in [5, 5.41) is 44.2. The number of carbonyl (C=O) groups is 1. The van der Waals surface area contributed by atoms with E-state index in [9.17, 15) is 25.2 Å². The fraction of sp³-hybridized carbons (Fsp3) is 0.438. The first-order valence-corrected chi connectivity index (χ1v) is 8.08. The zero-order chi connectivity index (χ0) is 18.4. The molecule has 5 atom stereocenters. The molecule has 25 heavy (non-hydrogen) atoms. The first kappa shape index (κ1) is 18.1. The van der Waals surface area contributed by atoms with Gasteiger partial charge in [-0.15, -0.1) is 0 Å². The minimum Gasteiger partial charge on any atom is -0.394 e. The smallest absolute Gasteiger partial charge is 0.233 e. The van der Waals surface area contributed by atoms with Gasteiger partial charge in [-0.1, -0.05) is 29.8 Å². The number of para-hydroxylation sites is 1. The van der Waals surface area contributed by atoms with Crippen LogP contribution in [0, 0.1) is 0 Å². The Balaban J connectivity index is 2.15. The lowest BCUT2D eigenvalue weighted by Gasteiger charge is -2.47. The fourth-order valence-electron chi connectivity index (χ4n) is 3.14. The van der Waals surface area contributed by atoms with Gasteiger partial charge in [0.15, 0.2) is 0 Å². The monoisotopic (exact) mass is 370 g/mol. The van der Waals surface area contributed by atoms with E-state index in [1.165, 1.54) is 6.92 Å². The Labute approximate surface area is 148 Å². The van der Waals surface area contributed by atoms with E-state index in [0.717, 1.165) is 0 Å². The van der Waals surface area contributed by atoms with Crippen LogP contribution in [0.15, 0.2) is 24.3 Å². The molecule has 0 bridgehead atoms. The van der Waals surface area contributed by atoms with Crippen LogP contribution < -0.4 is 5.32 Å². The number of fused-ring (bicyclic) bond motifs is 1. The SMILES string of the molecule is CC(=O)N[C@@H]1[C@@H](O)[C@@H](O)[C@@H](CO)O[C@]1(O)c1[nH]c2ccccc2c1Cl. The van der Waals surface area contributed by atoms with Crippen molar-refractivity contribution in [1.82, 2.24) is 10.3 Å². The van der Waals surface area contributed by atoms with Crippen LogP contribution in [0.5, 0.6) is 0 Å². The highest BCUT2D eigenvalue weighted by Gasteiger charge is 2.56. The van der Waals surface area contributed by atoms with Crippen molar-refractivity contribution < 1.29 is 30.0 Å². The number of aliphatic hydroxyl groups excluding tert-OH is 3. The van der Waals surface area contributed by atoms with E-state index in [1.807, 2.05) is 0 Å². The molecule has 0 aliphatic carbocycles. The summed E-state index contributed by atoms with van der Waals surface area (Å²) in [6.45, 7) is 0.551. The van der Waals surface area contributed by atoms with Gasteiger partial charge in [0.1, 0.15) is 24.4 Å². The summed E-state index contributed by atoms with van der Waals surface area (Å²) in [7, 11) is 0. The van der Waals surface area contributed by atoms with Gasteiger partial charge in [-0.2, -0.15) is 0 Å². The molecule has 1 aliphatic heterocycles. The molecule has 8 nitrogen and oxygen atoms in total. The number of ether oxygens (including phenoxy) is 1. The standard InChI is InChI=1S/C16H19ClN2O6/c1-7(21)18-15-13(23)12(22)10(6-20)25-16(15,24)14-11(17)8-4-2-3-5-9(8)19-14/h2-5,10,12-13,15,19-20,22-24H,6H2,1H3,(H,18,21)/t10-,12+,13+,15-,16-/m1/s1. The summed E-state index contributed by atoms with van der Waals surface area (Å²) in [6, 6.07) is 5.59. The molecule has 0 unspecified atom stereocenters. The molecular formula is C16H19ClN2O6. The molecular weight excluding hydrogens is 352 g/mol. The van der Waals surface area contributed by atoms with E-state index in [-0.39, 0.29) is 10.7 Å². The molecule has 1 amide bonds. The molecule has 0 radical (unpaired) electrons. The minimum absolute atomic E-state index is 0.0125. The predicted octanol–water partition coefficient (Wildman–Crippen LogP) is -0.416. The number of aliphatic hydroxyl groups is 4. The Morgan fingerprint density at radius 3 is 2.64 bits per heavy atom. The van der Waals surface area contributed by atoms with Crippen molar-refractivity contribution in [2.45, 2.75) is 37.1 Å². The summed E-state index contributed by atoms with van der Waals surface area (Å²) in [5.74, 6) is -2.83. The maximum atomic E-state index is 11.5. The molecule has 2 heterocycles. The average Bonchev–Trinajstić information content (AvgIpc) is 2.93. The molecule has 2 aromatic rings. The van der Waals surface area contributed by atoms with E-state index in [1.54, 1.807) is 24.3 Å². The third-order valence-corrected chi connectivity index (χ3v) is 4.76. The van der Waals surface area contributed by atoms with Gasteiger partial charge in [-0.25, -0.2) is 0 Å². The number of rotatable bonds is 3. The van der Waals surface area contributed by atoms with Crippen molar-refractivity contribution >= 4 is 28.4 Å². The summed E-state index contributed by atoms with van der Waals surface area (Å²) in [5.41, 5.74) is 0.626. The molecule has 1 saturated heterocycles. The first-order chi connectivity index (χ1) is 11.8. The number of carbonyl (C=O) groups excluding carboxylic acids is 1. The zero-order valence-corrected chi connectivity index (χ0v) is 14.1. The first-order valence-electron chi connectivity index (χ1n) is 7.70. The normalized spacial score (nSPS) is 32.7. The number of halogens is 1. The molecule has 6 N–H and O–H groups in total. The Hall–Kier alpha value is -1.68. The number of hydrogen-bond acceptors (Lipinski definition) is 6. The Kier molecular flexibility index (Phi) is 4.76. The number of H-pyrrole nitrogens is 1. The molecule has 0 saturated carbocycles. The minimum atomic E-state index is -2.28. The van der Waals surface area contributed by atoms with Crippen LogP contribution in [0.2, 0.25) is 5.02 Å². The van der Waals surface area contributed by atoms with E-state index in [0.29, 0.717) is 10.9 Å². The van der Waals surface area contributed by atoms with Gasteiger partial charge >= 0.3 is 0 Å². The maximum absolute atomic E-state index is 11.5. The Bertz CT molecular complexity index is 796. The van der Waals surface area contributed by atoms with Gasteiger partial charge in [0.2, 0.25) is 11.7 Å². The molecule has 1 aromatic heterocycles. The van der Waals surface area contributed by atoms with Gasteiger partial charge in [-0.05, 0) is 6.07 Å². The molecule has 1 fully saturated rings. The summed E-state index contributed by atoms with van der Waals surface area (Å²) < 4.78 is 5.48. The van der Waals surface area contributed by atoms with Crippen LogP contribution in [-0.2, 0) is 15.3 Å². The lowest BCUT2D eigenvalue weighted by molar-refractivity contribution is -0.328. The third kappa shape index (κ3) is 2.91. The van der Waals surface area contributed by atoms with Crippen LogP contribution in [0.25, 0.3) is 10.9 Å². The van der Waals surface area contributed by atoms with E-state index >= 15 is 0 Å². The Morgan fingerprint density at radius 2 is 2.04 bits per heavy atom. The molecule has 0 spiro atoms. The molecule has 136 valence electrons. The quantitative estimate of drug-likeness (QED) is 0.434. The van der Waals surface area contributed by atoms with Crippen molar-refractivity contribution in [2.24, 2.45) is 0 Å². The van der Waals surface area contributed by atoms with Crippen LogP contribution >= 0.6 is 11.6 Å². The van der Waals surface area contributed by atoms with Crippen LogP contribution in [0.3, 0.4) is 0 Å². The third-order valence-electron chi connectivity index (χ3n) is 4.36. The van der Waals surface area contributed by atoms with Crippen LogP contribution in [0.4, 0.5) is 0 Å². The summed E-state index contributed by atoms with van der Waals surface area (Å²) in [4.78, 5) is 14.5. The predicted molar refractivity (Wildman–Crippen MR) is 88.8 cm³/mol. The van der Waals surface area contributed by atoms with Gasteiger partial charge in [-0.3, -0.25) is 4.79 Å². The summed E-state index contributed by atoms with van der Waals surface area (Å²) in [6.07, 6.45) is -4.37. The van der Waals surface area contributed by atoms with Crippen LogP contribution in [-0.4, -0.2) is 62.3 Å². The van der Waals surface area contributed by atoms with E-state index in [4.69, 9.17) is 16.3 Å². The molecule has 9 heteroatoms. The summed E-state index contributed by atoms with van der Waals surface area (Å²) >= 11 is 6.37.